The Labute approximate surface area is 251 Å². The van der Waals surface area contributed by atoms with Gasteiger partial charge in [0.1, 0.15) is 0 Å². The van der Waals surface area contributed by atoms with E-state index in [4.69, 9.17) is 4.98 Å². The number of likely N-dealkylation sites (N-methyl/N-ethyl adjacent to an activating group) is 1. The number of nitrogens with zero attached hydrogens (tertiary/aromatic N) is 4. The Balaban J connectivity index is 1.54. The zero-order chi connectivity index (χ0) is 30.6. The molecule has 3 heterocycles. The highest BCUT2D eigenvalue weighted by Gasteiger charge is 2.26. The lowest BCUT2D eigenvalue weighted by atomic mass is 9.90. The first kappa shape index (κ1) is 28.4. The Hall–Kier alpha value is -4.76. The summed E-state index contributed by atoms with van der Waals surface area (Å²) < 4.78 is 29.0. The molecule has 0 bridgehead atoms. The minimum atomic E-state index is -3.96. The fraction of sp³-hybridized carbons (Fsp3) is 0.206. The maximum absolute atomic E-state index is 13.9. The van der Waals surface area contributed by atoms with Gasteiger partial charge in [-0.25, -0.2) is 17.4 Å². The number of benzene rings is 3. The van der Waals surface area contributed by atoms with Gasteiger partial charge in [-0.3, -0.25) is 9.59 Å². The number of carbonyl (C=O) groups excluding carboxylic acids is 2. The number of rotatable bonds is 5. The van der Waals surface area contributed by atoms with E-state index in [2.05, 4.69) is 0 Å². The van der Waals surface area contributed by atoms with E-state index in [1.807, 2.05) is 51.2 Å². The van der Waals surface area contributed by atoms with Gasteiger partial charge >= 0.3 is 0 Å². The molecule has 0 saturated heterocycles. The minimum absolute atomic E-state index is 0.0238. The molecule has 1 aliphatic heterocycles. The summed E-state index contributed by atoms with van der Waals surface area (Å²) in [6.07, 6.45) is 4.05. The molecular formula is C34H32N4O4S. The van der Waals surface area contributed by atoms with Crippen LogP contribution in [-0.4, -0.2) is 66.7 Å². The van der Waals surface area contributed by atoms with Crippen LogP contribution in [0, 0.1) is 13.8 Å². The molecule has 0 N–H and O–H groups in total. The summed E-state index contributed by atoms with van der Waals surface area (Å²) in [7, 11) is 1.25. The van der Waals surface area contributed by atoms with Gasteiger partial charge in [-0.15, -0.1) is 0 Å². The van der Waals surface area contributed by atoms with Gasteiger partial charge in [0.25, 0.3) is 21.8 Å². The van der Waals surface area contributed by atoms with Gasteiger partial charge in [0.05, 0.1) is 4.90 Å². The average Bonchev–Trinajstić information content (AvgIpc) is 3.38. The monoisotopic (exact) mass is 592 g/mol. The second kappa shape index (κ2) is 10.5. The summed E-state index contributed by atoms with van der Waals surface area (Å²) in [5.74, 6) is -0.0944. The lowest BCUT2D eigenvalue weighted by Crippen LogP contribution is -2.34. The second-order valence-electron chi connectivity index (χ2n) is 11.3. The molecule has 0 radical (unpaired) electrons. The van der Waals surface area contributed by atoms with Crippen molar-refractivity contribution in [3.05, 3.63) is 107 Å². The molecule has 0 atom stereocenters. The van der Waals surface area contributed by atoms with Crippen LogP contribution in [0.2, 0.25) is 0 Å². The van der Waals surface area contributed by atoms with Crippen LogP contribution in [-0.2, 0) is 16.4 Å². The van der Waals surface area contributed by atoms with Crippen molar-refractivity contribution in [1.29, 1.82) is 0 Å². The minimum Gasteiger partial charge on any atom is -0.345 e. The fourth-order valence-corrected chi connectivity index (χ4v) is 6.96. The Morgan fingerprint density at radius 1 is 0.907 bits per heavy atom. The van der Waals surface area contributed by atoms with E-state index in [0.717, 1.165) is 45.4 Å². The molecule has 6 rings (SSSR count). The summed E-state index contributed by atoms with van der Waals surface area (Å²) >= 11 is 0. The zero-order valence-corrected chi connectivity index (χ0v) is 25.6. The highest BCUT2D eigenvalue weighted by Crippen LogP contribution is 2.36. The molecule has 0 spiro atoms. The van der Waals surface area contributed by atoms with Crippen molar-refractivity contribution in [3.63, 3.8) is 0 Å². The SMILES string of the molecule is Cc1ccc(S(=O)(=O)n2cc(-c3ccc(C(=O)N(C)C)cc3)c3cc(-c4cc(C)c5c(c4)CCN(C)C5=O)cnc32)cc1. The molecule has 9 heteroatoms. The van der Waals surface area contributed by atoms with E-state index >= 15 is 0 Å². The first-order valence-electron chi connectivity index (χ1n) is 14.0. The zero-order valence-electron chi connectivity index (χ0n) is 24.7. The summed E-state index contributed by atoms with van der Waals surface area (Å²) in [5.41, 5.74) is 7.60. The highest BCUT2D eigenvalue weighted by atomic mass is 32.2. The summed E-state index contributed by atoms with van der Waals surface area (Å²) in [5, 5.41) is 0.658. The van der Waals surface area contributed by atoms with Crippen LogP contribution < -0.4 is 0 Å². The number of aryl methyl sites for hydroxylation is 2. The Bertz CT molecular complexity index is 2030. The van der Waals surface area contributed by atoms with Crippen molar-refractivity contribution in [2.24, 2.45) is 0 Å². The van der Waals surface area contributed by atoms with E-state index < -0.39 is 10.0 Å². The highest BCUT2D eigenvalue weighted by molar-refractivity contribution is 7.90. The lowest BCUT2D eigenvalue weighted by Gasteiger charge is -2.26. The van der Waals surface area contributed by atoms with Crippen LogP contribution in [0.3, 0.4) is 0 Å². The third-order valence-electron chi connectivity index (χ3n) is 8.07. The quantitative estimate of drug-likeness (QED) is 0.267. The Morgan fingerprint density at radius 2 is 1.60 bits per heavy atom. The Kier molecular flexibility index (Phi) is 6.93. The van der Waals surface area contributed by atoms with Crippen LogP contribution >= 0.6 is 0 Å². The number of pyridine rings is 1. The molecule has 43 heavy (non-hydrogen) atoms. The van der Waals surface area contributed by atoms with Gasteiger partial charge in [0.2, 0.25) is 0 Å². The molecule has 2 amide bonds. The fourth-order valence-electron chi connectivity index (χ4n) is 5.64. The van der Waals surface area contributed by atoms with Crippen molar-refractivity contribution in [2.45, 2.75) is 25.2 Å². The number of hydrogen-bond acceptors (Lipinski definition) is 5. The molecular weight excluding hydrogens is 560 g/mol. The smallest absolute Gasteiger partial charge is 0.269 e. The number of hydrogen-bond donors (Lipinski definition) is 0. The van der Waals surface area contributed by atoms with Gasteiger partial charge in [0.15, 0.2) is 5.65 Å². The van der Waals surface area contributed by atoms with Crippen LogP contribution in [0.5, 0.6) is 0 Å². The summed E-state index contributed by atoms with van der Waals surface area (Å²) in [4.78, 5) is 33.4. The first-order valence-corrected chi connectivity index (χ1v) is 15.4. The molecule has 2 aromatic heterocycles. The maximum Gasteiger partial charge on any atom is 0.269 e. The second-order valence-corrected chi connectivity index (χ2v) is 13.1. The number of aromatic nitrogens is 2. The number of carbonyl (C=O) groups is 2. The third kappa shape index (κ3) is 4.89. The number of amides is 2. The van der Waals surface area contributed by atoms with Crippen molar-refractivity contribution in [1.82, 2.24) is 18.8 Å². The predicted molar refractivity (Wildman–Crippen MR) is 168 cm³/mol. The largest absolute Gasteiger partial charge is 0.345 e. The van der Waals surface area contributed by atoms with Crippen LogP contribution in [0.4, 0.5) is 0 Å². The average molecular weight is 593 g/mol. The van der Waals surface area contributed by atoms with Gasteiger partial charge in [-0.1, -0.05) is 42.0 Å². The van der Waals surface area contributed by atoms with Crippen LogP contribution in [0.25, 0.3) is 33.3 Å². The van der Waals surface area contributed by atoms with E-state index in [1.54, 1.807) is 67.8 Å². The van der Waals surface area contributed by atoms with Gasteiger partial charge in [-0.2, -0.15) is 0 Å². The van der Waals surface area contributed by atoms with Crippen molar-refractivity contribution in [2.75, 3.05) is 27.7 Å². The molecule has 0 unspecified atom stereocenters. The first-order chi connectivity index (χ1) is 20.5. The van der Waals surface area contributed by atoms with E-state index in [9.17, 15) is 18.0 Å². The third-order valence-corrected chi connectivity index (χ3v) is 9.73. The standard InChI is InChI=1S/C34H32N4O4S/c1-21-6-12-28(13-7-21)43(41,42)38-20-30(23-8-10-24(11-9-23)33(39)36(3)4)29-18-27(19-35-32(29)38)26-16-22(2)31-25(17-26)14-15-37(5)34(31)40/h6-13,16-20H,14-15H2,1-5H3. The van der Waals surface area contributed by atoms with E-state index in [1.165, 1.54) is 8.87 Å². The van der Waals surface area contributed by atoms with E-state index in [0.29, 0.717) is 28.7 Å². The molecule has 218 valence electrons. The lowest BCUT2D eigenvalue weighted by molar-refractivity contribution is 0.0779. The normalized spacial score (nSPS) is 13.3. The molecule has 1 aliphatic rings. The van der Waals surface area contributed by atoms with Gasteiger partial charge < -0.3 is 9.80 Å². The molecule has 5 aromatic rings. The van der Waals surface area contributed by atoms with Gasteiger partial charge in [-0.05, 0) is 72.9 Å². The van der Waals surface area contributed by atoms with Crippen molar-refractivity contribution < 1.29 is 18.0 Å². The number of fused-ring (bicyclic) bond motifs is 2. The summed E-state index contributed by atoms with van der Waals surface area (Å²) in [6, 6.07) is 19.9. The molecule has 3 aromatic carbocycles. The van der Waals surface area contributed by atoms with Crippen LogP contribution in [0.1, 0.15) is 37.4 Å². The Morgan fingerprint density at radius 3 is 2.28 bits per heavy atom. The topological polar surface area (TPSA) is 92.6 Å². The molecule has 0 fully saturated rings. The molecule has 8 nitrogen and oxygen atoms in total. The van der Waals surface area contributed by atoms with Crippen molar-refractivity contribution >= 4 is 32.9 Å². The van der Waals surface area contributed by atoms with Gasteiger partial charge in [0, 0.05) is 67.7 Å². The molecule has 0 saturated carbocycles. The maximum atomic E-state index is 13.9. The summed E-state index contributed by atoms with van der Waals surface area (Å²) in [6.45, 7) is 4.50. The predicted octanol–water partition coefficient (Wildman–Crippen LogP) is 5.55. The molecule has 0 aliphatic carbocycles. The van der Waals surface area contributed by atoms with Crippen LogP contribution in [0.15, 0.2) is 84.0 Å². The van der Waals surface area contributed by atoms with E-state index in [-0.39, 0.29) is 16.7 Å². The van der Waals surface area contributed by atoms with Crippen molar-refractivity contribution in [3.8, 4) is 22.3 Å².